The summed E-state index contributed by atoms with van der Waals surface area (Å²) < 4.78 is 5.26. The van der Waals surface area contributed by atoms with E-state index in [0.717, 1.165) is 12.2 Å². The molecule has 0 bridgehead atoms. The minimum atomic E-state index is -0.667. The first kappa shape index (κ1) is 16.0. The molecule has 1 aromatic rings. The number of nitrogens with one attached hydrogen (secondary N) is 1. The highest BCUT2D eigenvalue weighted by Crippen LogP contribution is 2.20. The van der Waals surface area contributed by atoms with E-state index in [4.69, 9.17) is 10.2 Å². The lowest BCUT2D eigenvalue weighted by Gasteiger charge is -2.29. The molecule has 3 N–H and O–H groups in total. The fourth-order valence-corrected chi connectivity index (χ4v) is 2.57. The molecule has 0 aliphatic heterocycles. The van der Waals surface area contributed by atoms with Crippen LogP contribution >= 0.6 is 11.8 Å². The molecule has 0 radical (unpaired) electrons. The zero-order valence-corrected chi connectivity index (χ0v) is 12.7. The number of hydrogen-bond acceptors (Lipinski definition) is 6. The largest absolute Gasteiger partial charge is 0.416 e. The molecule has 1 amide bonds. The van der Waals surface area contributed by atoms with Crippen LogP contribution in [0.25, 0.3) is 0 Å². The van der Waals surface area contributed by atoms with Crippen LogP contribution in [0.4, 0.5) is 0 Å². The van der Waals surface area contributed by atoms with Gasteiger partial charge in [0.2, 0.25) is 11.8 Å². The van der Waals surface area contributed by atoms with Crippen molar-refractivity contribution in [1.29, 1.82) is 0 Å². The third-order valence-corrected chi connectivity index (χ3v) is 3.61. The summed E-state index contributed by atoms with van der Waals surface area (Å²) in [5.41, 5.74) is 4.80. The van der Waals surface area contributed by atoms with Crippen molar-refractivity contribution in [3.05, 3.63) is 5.89 Å². The maximum Gasteiger partial charge on any atom is 0.276 e. The molecule has 0 fully saturated rings. The van der Waals surface area contributed by atoms with Crippen LogP contribution in [0.15, 0.2) is 9.64 Å². The van der Waals surface area contributed by atoms with E-state index in [1.54, 1.807) is 6.92 Å². The van der Waals surface area contributed by atoms with Crippen molar-refractivity contribution < 1.29 is 9.21 Å². The minimum Gasteiger partial charge on any atom is -0.416 e. The number of carbonyl (C=O) groups is 1. The first-order valence-electron chi connectivity index (χ1n) is 6.34. The third-order valence-electron chi connectivity index (χ3n) is 2.71. The summed E-state index contributed by atoms with van der Waals surface area (Å²) >= 11 is 1.49. The van der Waals surface area contributed by atoms with Crippen molar-refractivity contribution in [1.82, 2.24) is 15.5 Å². The number of thioether (sulfide) groups is 1. The minimum absolute atomic E-state index is 0.212. The molecule has 1 heterocycles. The van der Waals surface area contributed by atoms with Crippen molar-refractivity contribution in [3.8, 4) is 0 Å². The summed E-state index contributed by atoms with van der Waals surface area (Å²) in [5, 5.41) is 11.4. The van der Waals surface area contributed by atoms with E-state index in [1.165, 1.54) is 11.8 Å². The summed E-state index contributed by atoms with van der Waals surface area (Å²) in [5.74, 6) is 1.05. The Hall–Kier alpha value is -1.08. The van der Waals surface area contributed by atoms with Crippen LogP contribution in [0.3, 0.4) is 0 Å². The number of nitrogens with two attached hydrogens (primary N) is 1. The fraction of sp³-hybridized carbons (Fsp3) is 0.750. The van der Waals surface area contributed by atoms with Gasteiger partial charge in [-0.1, -0.05) is 11.8 Å². The molecular formula is C12H22N4O2S. The van der Waals surface area contributed by atoms with E-state index in [-0.39, 0.29) is 11.9 Å². The molecule has 1 aromatic heterocycles. The second kappa shape index (κ2) is 6.91. The first-order chi connectivity index (χ1) is 8.83. The monoisotopic (exact) mass is 286 g/mol. The molecule has 108 valence electrons. The van der Waals surface area contributed by atoms with Gasteiger partial charge in [-0.05, 0) is 33.6 Å². The molecule has 1 atom stereocenters. The molecule has 0 aliphatic rings. The van der Waals surface area contributed by atoms with Gasteiger partial charge >= 0.3 is 0 Å². The van der Waals surface area contributed by atoms with E-state index < -0.39 is 5.54 Å². The number of carbonyl (C=O) groups excluding carboxylic acids is 1. The Bertz CT molecular complexity index is 422. The van der Waals surface area contributed by atoms with Crippen LogP contribution in [0.2, 0.25) is 0 Å². The Morgan fingerprint density at radius 2 is 2.21 bits per heavy atom. The smallest absolute Gasteiger partial charge is 0.276 e. The lowest BCUT2D eigenvalue weighted by atomic mass is 9.94. The van der Waals surface area contributed by atoms with Gasteiger partial charge in [0, 0.05) is 18.7 Å². The number of aryl methyl sites for hydroxylation is 1. The molecule has 0 saturated heterocycles. The summed E-state index contributed by atoms with van der Waals surface area (Å²) in [7, 11) is 0. The highest BCUT2D eigenvalue weighted by Gasteiger charge is 2.30. The Morgan fingerprint density at radius 3 is 2.68 bits per heavy atom. The van der Waals surface area contributed by atoms with Gasteiger partial charge in [-0.3, -0.25) is 4.79 Å². The average molecular weight is 286 g/mol. The van der Waals surface area contributed by atoms with Crippen molar-refractivity contribution in [3.63, 3.8) is 0 Å². The molecule has 0 spiro atoms. The number of hydrogen-bond donors (Lipinski definition) is 2. The van der Waals surface area contributed by atoms with Gasteiger partial charge in [-0.2, -0.15) is 0 Å². The lowest BCUT2D eigenvalue weighted by molar-refractivity contribution is -0.124. The van der Waals surface area contributed by atoms with E-state index in [9.17, 15) is 4.79 Å². The Balaban J connectivity index is 2.38. The third kappa shape index (κ3) is 5.20. The second-order valence-electron chi connectivity index (χ2n) is 5.03. The molecule has 1 rings (SSSR count). The zero-order valence-electron chi connectivity index (χ0n) is 11.9. The summed E-state index contributed by atoms with van der Waals surface area (Å²) in [6.07, 6.45) is 1.52. The predicted molar refractivity (Wildman–Crippen MR) is 74.9 cm³/mol. The summed E-state index contributed by atoms with van der Waals surface area (Å²) in [4.78, 5) is 11.5. The molecule has 1 unspecified atom stereocenters. The number of primary amides is 1. The standard InChI is InChI=1S/C12H22N4O2S/c1-8(2)14-12(4,10(13)17)6-5-7-19-11-16-15-9(3)18-11/h8,14H,5-7H2,1-4H3,(H2,13,17). The molecule has 0 saturated carbocycles. The van der Waals surface area contributed by atoms with Crippen LogP contribution in [-0.4, -0.2) is 33.4 Å². The number of amides is 1. The second-order valence-corrected chi connectivity index (χ2v) is 6.08. The van der Waals surface area contributed by atoms with Crippen molar-refractivity contribution in [2.75, 3.05) is 5.75 Å². The summed E-state index contributed by atoms with van der Waals surface area (Å²) in [6.45, 7) is 7.60. The average Bonchev–Trinajstić information content (AvgIpc) is 2.69. The highest BCUT2D eigenvalue weighted by molar-refractivity contribution is 7.99. The lowest BCUT2D eigenvalue weighted by Crippen LogP contribution is -2.55. The van der Waals surface area contributed by atoms with Gasteiger partial charge in [0.05, 0.1) is 5.54 Å². The maximum atomic E-state index is 11.5. The number of nitrogens with zero attached hydrogens (tertiary/aromatic N) is 2. The van der Waals surface area contributed by atoms with Crippen molar-refractivity contribution in [2.45, 2.75) is 57.3 Å². The number of aromatic nitrogens is 2. The fourth-order valence-electron chi connectivity index (χ4n) is 1.83. The van der Waals surface area contributed by atoms with Gasteiger partial charge in [-0.15, -0.1) is 10.2 Å². The van der Waals surface area contributed by atoms with Crippen LogP contribution in [0, 0.1) is 6.92 Å². The topological polar surface area (TPSA) is 94.0 Å². The van der Waals surface area contributed by atoms with Crippen LogP contribution in [0.5, 0.6) is 0 Å². The zero-order chi connectivity index (χ0) is 14.5. The van der Waals surface area contributed by atoms with E-state index in [0.29, 0.717) is 17.5 Å². The summed E-state index contributed by atoms with van der Waals surface area (Å²) in [6, 6.07) is 0.212. The van der Waals surface area contributed by atoms with Gasteiger partial charge in [-0.25, -0.2) is 0 Å². The molecule has 7 heteroatoms. The van der Waals surface area contributed by atoms with Crippen LogP contribution < -0.4 is 11.1 Å². The van der Waals surface area contributed by atoms with Gasteiger partial charge in [0.15, 0.2) is 0 Å². The molecule has 0 aliphatic carbocycles. The Labute approximate surface area is 117 Å². The molecule has 19 heavy (non-hydrogen) atoms. The van der Waals surface area contributed by atoms with E-state index in [2.05, 4.69) is 15.5 Å². The van der Waals surface area contributed by atoms with Gasteiger partial charge in [0.1, 0.15) is 0 Å². The van der Waals surface area contributed by atoms with E-state index >= 15 is 0 Å². The van der Waals surface area contributed by atoms with Crippen molar-refractivity contribution in [2.24, 2.45) is 5.73 Å². The van der Waals surface area contributed by atoms with Gasteiger partial charge in [0.25, 0.3) is 5.22 Å². The Morgan fingerprint density at radius 1 is 1.53 bits per heavy atom. The van der Waals surface area contributed by atoms with Crippen molar-refractivity contribution >= 4 is 17.7 Å². The normalized spacial score (nSPS) is 14.6. The molecule has 6 nitrogen and oxygen atoms in total. The van der Waals surface area contributed by atoms with Gasteiger partial charge < -0.3 is 15.5 Å². The predicted octanol–water partition coefficient (Wildman–Crippen LogP) is 1.49. The quantitative estimate of drug-likeness (QED) is 0.555. The molecule has 0 aromatic carbocycles. The van der Waals surface area contributed by atoms with E-state index in [1.807, 2.05) is 20.8 Å². The SMILES string of the molecule is Cc1nnc(SCCCC(C)(NC(C)C)C(N)=O)o1. The van der Waals surface area contributed by atoms with Crippen LogP contribution in [-0.2, 0) is 4.79 Å². The Kier molecular flexibility index (Phi) is 5.81. The molecular weight excluding hydrogens is 264 g/mol. The number of rotatable bonds is 8. The maximum absolute atomic E-state index is 11.5. The highest BCUT2D eigenvalue weighted by atomic mass is 32.2. The van der Waals surface area contributed by atoms with Crippen LogP contribution in [0.1, 0.15) is 39.5 Å². The first-order valence-corrected chi connectivity index (χ1v) is 7.32.